The van der Waals surface area contributed by atoms with E-state index in [4.69, 9.17) is 0 Å². The zero-order chi connectivity index (χ0) is 12.3. The molecule has 17 heavy (non-hydrogen) atoms. The summed E-state index contributed by atoms with van der Waals surface area (Å²) in [6, 6.07) is 0. The largest absolute Gasteiger partial charge is 0.465 e. The van der Waals surface area contributed by atoms with E-state index in [0.29, 0.717) is 4.88 Å². The molecule has 0 unspecified atom stereocenters. The van der Waals surface area contributed by atoms with E-state index >= 15 is 0 Å². The molecule has 1 fully saturated rings. The summed E-state index contributed by atoms with van der Waals surface area (Å²) in [4.78, 5) is 18.5. The van der Waals surface area contributed by atoms with Crippen molar-refractivity contribution in [2.75, 3.05) is 25.1 Å². The fourth-order valence-corrected chi connectivity index (χ4v) is 3.02. The van der Waals surface area contributed by atoms with Gasteiger partial charge in [-0.05, 0) is 18.8 Å². The number of carbonyl (C=O) groups excluding carboxylic acids is 1. The number of piperidine rings is 1. The van der Waals surface area contributed by atoms with Crippen LogP contribution in [0.15, 0.2) is 6.20 Å². The number of carbonyl (C=O) groups is 1. The van der Waals surface area contributed by atoms with Gasteiger partial charge in [0, 0.05) is 13.1 Å². The van der Waals surface area contributed by atoms with Gasteiger partial charge in [-0.1, -0.05) is 24.7 Å². The van der Waals surface area contributed by atoms with Crippen molar-refractivity contribution in [3.05, 3.63) is 11.1 Å². The Hall–Kier alpha value is -1.10. The van der Waals surface area contributed by atoms with Crippen LogP contribution in [0, 0.1) is 5.92 Å². The summed E-state index contributed by atoms with van der Waals surface area (Å²) in [6.45, 7) is 4.35. The smallest absolute Gasteiger partial charge is 0.349 e. The molecule has 2 rings (SSSR count). The highest BCUT2D eigenvalue weighted by molar-refractivity contribution is 7.17. The average Bonchev–Trinajstić information content (AvgIpc) is 2.87. The summed E-state index contributed by atoms with van der Waals surface area (Å²) in [5, 5.41) is 0.944. The van der Waals surface area contributed by atoms with Crippen LogP contribution in [0.5, 0.6) is 0 Å². The second kappa shape index (κ2) is 5.49. The number of methoxy groups -OCH3 is 1. The number of ether oxygens (including phenoxy) is 1. The second-order valence-corrected chi connectivity index (χ2v) is 5.35. The van der Waals surface area contributed by atoms with Crippen molar-refractivity contribution in [2.24, 2.45) is 5.92 Å². The van der Waals surface area contributed by atoms with E-state index in [1.165, 1.54) is 37.7 Å². The maximum Gasteiger partial charge on any atom is 0.349 e. The van der Waals surface area contributed by atoms with E-state index in [0.717, 1.165) is 24.1 Å². The number of thiazole rings is 1. The maximum absolute atomic E-state index is 11.3. The summed E-state index contributed by atoms with van der Waals surface area (Å²) in [5.41, 5.74) is 0. The fraction of sp³-hybridized carbons (Fsp3) is 0.667. The number of aromatic nitrogens is 1. The van der Waals surface area contributed by atoms with E-state index in [1.807, 2.05) is 0 Å². The van der Waals surface area contributed by atoms with Gasteiger partial charge in [-0.15, -0.1) is 0 Å². The van der Waals surface area contributed by atoms with E-state index in [9.17, 15) is 4.79 Å². The highest BCUT2D eigenvalue weighted by atomic mass is 32.1. The first kappa shape index (κ1) is 12.4. The Morgan fingerprint density at radius 3 is 2.88 bits per heavy atom. The van der Waals surface area contributed by atoms with Crippen LogP contribution in [0.2, 0.25) is 0 Å². The molecule has 1 aromatic heterocycles. The zero-order valence-corrected chi connectivity index (χ0v) is 11.1. The molecule has 0 radical (unpaired) electrons. The van der Waals surface area contributed by atoms with Gasteiger partial charge in [-0.25, -0.2) is 9.78 Å². The number of esters is 1. The lowest BCUT2D eigenvalue weighted by Gasteiger charge is -2.31. The third-order valence-corrected chi connectivity index (χ3v) is 4.38. The predicted molar refractivity (Wildman–Crippen MR) is 68.7 cm³/mol. The Morgan fingerprint density at radius 2 is 2.29 bits per heavy atom. The SMILES string of the molecule is CCC1CCN(c2ncc(C(=O)OC)s2)CC1. The van der Waals surface area contributed by atoms with Gasteiger partial charge in [0.2, 0.25) is 0 Å². The first-order valence-electron chi connectivity index (χ1n) is 6.03. The normalized spacial score (nSPS) is 17.2. The van der Waals surface area contributed by atoms with Crippen LogP contribution < -0.4 is 4.90 Å². The minimum atomic E-state index is -0.294. The van der Waals surface area contributed by atoms with Crippen LogP contribution in [-0.2, 0) is 4.74 Å². The van der Waals surface area contributed by atoms with Gasteiger partial charge in [0.25, 0.3) is 0 Å². The minimum Gasteiger partial charge on any atom is -0.465 e. The van der Waals surface area contributed by atoms with Gasteiger partial charge in [0.15, 0.2) is 5.13 Å². The third-order valence-electron chi connectivity index (χ3n) is 3.34. The molecule has 0 N–H and O–H groups in total. The minimum absolute atomic E-state index is 0.294. The van der Waals surface area contributed by atoms with Gasteiger partial charge >= 0.3 is 5.97 Å². The number of nitrogens with zero attached hydrogens (tertiary/aromatic N) is 2. The third kappa shape index (κ3) is 2.77. The quantitative estimate of drug-likeness (QED) is 0.777. The molecule has 0 atom stereocenters. The molecular formula is C12H18N2O2S. The van der Waals surface area contributed by atoms with Crippen LogP contribution in [0.4, 0.5) is 5.13 Å². The van der Waals surface area contributed by atoms with Crippen molar-refractivity contribution in [1.29, 1.82) is 0 Å². The molecule has 0 amide bonds. The number of hydrogen-bond donors (Lipinski definition) is 0. The summed E-state index contributed by atoms with van der Waals surface area (Å²) in [5.74, 6) is 0.559. The molecule has 4 nitrogen and oxygen atoms in total. The zero-order valence-electron chi connectivity index (χ0n) is 10.3. The molecular weight excluding hydrogens is 236 g/mol. The monoisotopic (exact) mass is 254 g/mol. The molecule has 1 aliphatic rings. The van der Waals surface area contributed by atoms with E-state index < -0.39 is 0 Å². The molecule has 0 bridgehead atoms. The molecule has 1 saturated heterocycles. The lowest BCUT2D eigenvalue weighted by molar-refractivity contribution is 0.0606. The molecule has 1 aliphatic heterocycles. The van der Waals surface area contributed by atoms with Crippen molar-refractivity contribution in [3.63, 3.8) is 0 Å². The fourth-order valence-electron chi connectivity index (χ4n) is 2.14. The summed E-state index contributed by atoms with van der Waals surface area (Å²) < 4.78 is 4.68. The molecule has 0 aliphatic carbocycles. The molecule has 0 spiro atoms. The lowest BCUT2D eigenvalue weighted by atomic mass is 9.95. The van der Waals surface area contributed by atoms with Crippen molar-refractivity contribution in [1.82, 2.24) is 4.98 Å². The van der Waals surface area contributed by atoms with Crippen molar-refractivity contribution in [2.45, 2.75) is 26.2 Å². The van der Waals surface area contributed by atoms with E-state index in [-0.39, 0.29) is 5.97 Å². The van der Waals surface area contributed by atoms with E-state index in [1.54, 1.807) is 6.20 Å². The van der Waals surface area contributed by atoms with Crippen LogP contribution in [0.1, 0.15) is 35.9 Å². The number of rotatable bonds is 3. The summed E-state index contributed by atoms with van der Waals surface area (Å²) >= 11 is 1.42. The molecule has 5 heteroatoms. The first-order valence-corrected chi connectivity index (χ1v) is 6.85. The standard InChI is InChI=1S/C12H18N2O2S/c1-3-9-4-6-14(7-5-9)12-13-8-10(17-12)11(15)16-2/h8-9H,3-7H2,1-2H3. The number of hydrogen-bond acceptors (Lipinski definition) is 5. The lowest BCUT2D eigenvalue weighted by Crippen LogP contribution is -2.33. The van der Waals surface area contributed by atoms with Crippen LogP contribution >= 0.6 is 11.3 Å². The average molecular weight is 254 g/mol. The Bertz CT molecular complexity index is 384. The predicted octanol–water partition coefficient (Wildman–Crippen LogP) is 2.56. The van der Waals surface area contributed by atoms with Gasteiger partial charge in [-0.2, -0.15) is 0 Å². The first-order chi connectivity index (χ1) is 8.24. The van der Waals surface area contributed by atoms with Crippen LogP contribution in [0.25, 0.3) is 0 Å². The maximum atomic E-state index is 11.3. The van der Waals surface area contributed by atoms with Crippen molar-refractivity contribution in [3.8, 4) is 0 Å². The Labute approximate surface area is 106 Å². The highest BCUT2D eigenvalue weighted by Gasteiger charge is 2.21. The molecule has 94 valence electrons. The van der Waals surface area contributed by atoms with E-state index in [2.05, 4.69) is 21.5 Å². The van der Waals surface area contributed by atoms with Gasteiger partial charge in [0.05, 0.1) is 13.3 Å². The van der Waals surface area contributed by atoms with Gasteiger partial charge < -0.3 is 9.64 Å². The molecule has 2 heterocycles. The van der Waals surface area contributed by atoms with Crippen molar-refractivity contribution < 1.29 is 9.53 Å². The Morgan fingerprint density at radius 1 is 1.59 bits per heavy atom. The van der Waals surface area contributed by atoms with Crippen LogP contribution in [-0.4, -0.2) is 31.2 Å². The van der Waals surface area contributed by atoms with Crippen LogP contribution in [0.3, 0.4) is 0 Å². The van der Waals surface area contributed by atoms with Crippen molar-refractivity contribution >= 4 is 22.4 Å². The second-order valence-electron chi connectivity index (χ2n) is 4.34. The molecule has 0 saturated carbocycles. The topological polar surface area (TPSA) is 42.4 Å². The molecule has 1 aromatic rings. The highest BCUT2D eigenvalue weighted by Crippen LogP contribution is 2.28. The number of anilines is 1. The molecule has 0 aromatic carbocycles. The van der Waals surface area contributed by atoms with Gasteiger partial charge in [0.1, 0.15) is 4.88 Å². The Kier molecular flexibility index (Phi) is 3.99. The van der Waals surface area contributed by atoms with Gasteiger partial charge in [-0.3, -0.25) is 0 Å². The summed E-state index contributed by atoms with van der Waals surface area (Å²) in [6.07, 6.45) is 5.32. The summed E-state index contributed by atoms with van der Waals surface area (Å²) in [7, 11) is 1.40. The Balaban J connectivity index is 1.99.